The monoisotopic (exact) mass is 409 g/mol. The molecule has 0 spiro atoms. The molecule has 28 heavy (non-hydrogen) atoms. The van der Waals surface area contributed by atoms with E-state index in [1.165, 1.54) is 13.2 Å². The molecule has 0 aliphatic rings. The van der Waals surface area contributed by atoms with Crippen LogP contribution in [-0.2, 0) is 19.6 Å². The lowest BCUT2D eigenvalue weighted by Gasteiger charge is -2.19. The molecule has 2 rings (SSSR count). The molecule has 6 nitrogen and oxygen atoms in total. The Morgan fingerprint density at radius 3 is 2.43 bits per heavy atom. The quantitative estimate of drug-likeness (QED) is 0.642. The largest absolute Gasteiger partial charge is 0.495 e. The van der Waals surface area contributed by atoms with Gasteiger partial charge in [0.15, 0.2) is 0 Å². The Morgan fingerprint density at radius 1 is 1.14 bits per heavy atom. The number of carbonyl (C=O) groups is 1. The van der Waals surface area contributed by atoms with Gasteiger partial charge in [-0.15, -0.1) is 0 Å². The van der Waals surface area contributed by atoms with Gasteiger partial charge in [-0.3, -0.25) is 0 Å². The van der Waals surface area contributed by atoms with Gasteiger partial charge in [0.05, 0.1) is 13.7 Å². The van der Waals surface area contributed by atoms with Crippen molar-refractivity contribution in [3.63, 3.8) is 0 Å². The molecule has 152 valence electrons. The van der Waals surface area contributed by atoms with E-state index in [4.69, 9.17) is 9.47 Å². The number of rotatable bonds is 9. The van der Waals surface area contributed by atoms with E-state index in [-0.39, 0.29) is 12.4 Å². The molecule has 2 aromatic carbocycles. The van der Waals surface area contributed by atoms with E-state index in [2.05, 4.69) is 4.72 Å². The maximum Gasteiger partial charge on any atom is 0.328 e. The van der Waals surface area contributed by atoms with E-state index in [9.17, 15) is 17.6 Å². The van der Waals surface area contributed by atoms with Crippen LogP contribution in [0.1, 0.15) is 31.9 Å². The molecule has 0 unspecified atom stereocenters. The summed E-state index contributed by atoms with van der Waals surface area (Å²) in [6.07, 6.45) is 0.651. The molecule has 0 bridgehead atoms. The summed E-state index contributed by atoms with van der Waals surface area (Å²) in [5.41, 5.74) is 0.413. The number of hydrogen-bond donors (Lipinski definition) is 1. The molecule has 0 amide bonds. The topological polar surface area (TPSA) is 81.7 Å². The van der Waals surface area contributed by atoms with Crippen LogP contribution in [0, 0.1) is 11.7 Å². The molecule has 0 fully saturated rings. The van der Waals surface area contributed by atoms with Crippen LogP contribution >= 0.6 is 0 Å². The van der Waals surface area contributed by atoms with Crippen molar-refractivity contribution in [3.8, 4) is 5.75 Å². The standard InChI is InChI=1S/C20H24FNO5S/c1-14(2)11-12-27-20(23)19(15-7-5-4-6-8-15)22-28(24,25)18-13-16(21)9-10-17(18)26-3/h4-10,13-14,19,22H,11-12H2,1-3H3/t19-/m1/s1. The Hall–Kier alpha value is -2.45. The van der Waals surface area contributed by atoms with Crippen LogP contribution in [0.25, 0.3) is 0 Å². The second kappa shape index (κ2) is 9.66. The fraction of sp³-hybridized carbons (Fsp3) is 0.350. The smallest absolute Gasteiger partial charge is 0.328 e. The van der Waals surface area contributed by atoms with Gasteiger partial charge in [0.2, 0.25) is 10.0 Å². The lowest BCUT2D eigenvalue weighted by molar-refractivity contribution is -0.146. The zero-order chi connectivity index (χ0) is 20.7. The maximum absolute atomic E-state index is 13.6. The molecule has 0 saturated carbocycles. The van der Waals surface area contributed by atoms with Crippen LogP contribution in [0.4, 0.5) is 4.39 Å². The second-order valence-corrected chi connectivity index (χ2v) is 8.29. The van der Waals surface area contributed by atoms with Crippen molar-refractivity contribution < 1.29 is 27.1 Å². The number of benzene rings is 2. The van der Waals surface area contributed by atoms with Gasteiger partial charge in [-0.25, -0.2) is 17.6 Å². The Morgan fingerprint density at radius 2 is 1.82 bits per heavy atom. The van der Waals surface area contributed by atoms with Gasteiger partial charge in [0.1, 0.15) is 22.5 Å². The third-order valence-electron chi connectivity index (χ3n) is 4.00. The second-order valence-electron chi connectivity index (χ2n) is 6.61. The maximum atomic E-state index is 13.6. The highest BCUT2D eigenvalue weighted by Gasteiger charge is 2.30. The van der Waals surface area contributed by atoms with E-state index >= 15 is 0 Å². The van der Waals surface area contributed by atoms with E-state index in [0.29, 0.717) is 17.9 Å². The summed E-state index contributed by atoms with van der Waals surface area (Å²) in [4.78, 5) is 12.2. The van der Waals surface area contributed by atoms with Crippen LogP contribution < -0.4 is 9.46 Å². The normalized spacial score (nSPS) is 12.6. The van der Waals surface area contributed by atoms with Gasteiger partial charge in [-0.1, -0.05) is 44.2 Å². The van der Waals surface area contributed by atoms with Gasteiger partial charge in [-0.2, -0.15) is 4.72 Å². The Balaban J connectivity index is 2.34. The molecule has 0 aromatic heterocycles. The number of halogens is 1. The summed E-state index contributed by atoms with van der Waals surface area (Å²) < 4.78 is 52.0. The number of methoxy groups -OCH3 is 1. The number of ether oxygens (including phenoxy) is 2. The van der Waals surface area contributed by atoms with E-state index in [1.54, 1.807) is 30.3 Å². The highest BCUT2D eigenvalue weighted by Crippen LogP contribution is 2.26. The minimum Gasteiger partial charge on any atom is -0.495 e. The Kier molecular flexibility index (Phi) is 7.53. The molecule has 0 radical (unpaired) electrons. The predicted molar refractivity (Wildman–Crippen MR) is 103 cm³/mol. The molecule has 2 aromatic rings. The third kappa shape index (κ3) is 5.77. The molecule has 1 atom stereocenters. The van der Waals surface area contributed by atoms with Crippen molar-refractivity contribution in [3.05, 3.63) is 59.9 Å². The van der Waals surface area contributed by atoms with Crippen LogP contribution in [0.15, 0.2) is 53.4 Å². The summed E-state index contributed by atoms with van der Waals surface area (Å²) in [5, 5.41) is 0. The van der Waals surface area contributed by atoms with E-state index in [1.807, 2.05) is 13.8 Å². The minimum atomic E-state index is -4.28. The van der Waals surface area contributed by atoms with Gasteiger partial charge in [-0.05, 0) is 36.1 Å². The summed E-state index contributed by atoms with van der Waals surface area (Å²) in [5.74, 6) is -1.17. The first-order chi connectivity index (χ1) is 13.2. The average Bonchev–Trinajstić information content (AvgIpc) is 2.66. The molecule has 1 N–H and O–H groups in total. The van der Waals surface area contributed by atoms with Gasteiger partial charge < -0.3 is 9.47 Å². The van der Waals surface area contributed by atoms with Crippen LogP contribution in [0.3, 0.4) is 0 Å². The molecule has 8 heteroatoms. The van der Waals surface area contributed by atoms with Crippen LogP contribution in [-0.4, -0.2) is 28.1 Å². The molecular formula is C20H24FNO5S. The molecular weight excluding hydrogens is 385 g/mol. The van der Waals surface area contributed by atoms with Crippen molar-refractivity contribution in [2.24, 2.45) is 5.92 Å². The van der Waals surface area contributed by atoms with Crippen molar-refractivity contribution in [1.29, 1.82) is 0 Å². The number of hydrogen-bond acceptors (Lipinski definition) is 5. The van der Waals surface area contributed by atoms with Crippen LogP contribution in [0.5, 0.6) is 5.75 Å². The lowest BCUT2D eigenvalue weighted by atomic mass is 10.1. The number of esters is 1. The third-order valence-corrected chi connectivity index (χ3v) is 5.44. The summed E-state index contributed by atoms with van der Waals surface area (Å²) in [6.45, 7) is 4.15. The number of nitrogens with one attached hydrogen (secondary N) is 1. The number of sulfonamides is 1. The Bertz CT molecular complexity index is 900. The van der Waals surface area contributed by atoms with Gasteiger partial charge in [0, 0.05) is 0 Å². The summed E-state index contributed by atoms with van der Waals surface area (Å²) >= 11 is 0. The Labute approximate surface area is 164 Å². The van der Waals surface area contributed by atoms with Crippen molar-refractivity contribution in [2.45, 2.75) is 31.2 Å². The van der Waals surface area contributed by atoms with Gasteiger partial charge >= 0.3 is 5.97 Å². The fourth-order valence-electron chi connectivity index (χ4n) is 2.46. The zero-order valence-electron chi connectivity index (χ0n) is 16.0. The molecule has 0 saturated heterocycles. The van der Waals surface area contributed by atoms with E-state index < -0.39 is 32.7 Å². The first kappa shape index (κ1) is 21.8. The number of carbonyl (C=O) groups excluding carboxylic acids is 1. The molecule has 0 aliphatic carbocycles. The van der Waals surface area contributed by atoms with Crippen molar-refractivity contribution in [2.75, 3.05) is 13.7 Å². The van der Waals surface area contributed by atoms with Gasteiger partial charge in [0.25, 0.3) is 0 Å². The summed E-state index contributed by atoms with van der Waals surface area (Å²) in [6, 6.07) is 10.2. The minimum absolute atomic E-state index is 0.0334. The zero-order valence-corrected chi connectivity index (χ0v) is 16.8. The molecule has 0 aliphatic heterocycles. The highest BCUT2D eigenvalue weighted by atomic mass is 32.2. The molecule has 0 heterocycles. The highest BCUT2D eigenvalue weighted by molar-refractivity contribution is 7.89. The summed E-state index contributed by atoms with van der Waals surface area (Å²) in [7, 11) is -3.00. The first-order valence-corrected chi connectivity index (χ1v) is 10.3. The predicted octanol–water partition coefficient (Wildman–Crippen LogP) is 3.44. The SMILES string of the molecule is COc1ccc(F)cc1S(=O)(=O)N[C@@H](C(=O)OCCC(C)C)c1ccccc1. The first-order valence-electron chi connectivity index (χ1n) is 8.82. The van der Waals surface area contributed by atoms with Crippen molar-refractivity contribution in [1.82, 2.24) is 4.72 Å². The average molecular weight is 409 g/mol. The van der Waals surface area contributed by atoms with E-state index in [0.717, 1.165) is 12.1 Å². The lowest BCUT2D eigenvalue weighted by Crippen LogP contribution is -2.35. The van der Waals surface area contributed by atoms with Crippen LogP contribution in [0.2, 0.25) is 0 Å². The fourth-order valence-corrected chi connectivity index (χ4v) is 3.81. The van der Waals surface area contributed by atoms with Crippen molar-refractivity contribution >= 4 is 16.0 Å².